The molecule has 0 aliphatic carbocycles. The van der Waals surface area contributed by atoms with Crippen molar-refractivity contribution < 1.29 is 14.7 Å². The molecule has 0 saturated heterocycles. The number of carbonyl (C=O) groups excluding carboxylic acids is 1. The van der Waals surface area contributed by atoms with Gasteiger partial charge in [-0.05, 0) is 11.6 Å². The van der Waals surface area contributed by atoms with Gasteiger partial charge in [-0.1, -0.05) is 30.3 Å². The van der Waals surface area contributed by atoms with Gasteiger partial charge >= 0.3 is 5.97 Å². The van der Waals surface area contributed by atoms with Gasteiger partial charge in [-0.3, -0.25) is 9.59 Å². The second kappa shape index (κ2) is 5.70. The van der Waals surface area contributed by atoms with E-state index in [1.165, 1.54) is 13.1 Å². The van der Waals surface area contributed by atoms with Gasteiger partial charge in [0, 0.05) is 13.1 Å². The van der Waals surface area contributed by atoms with Crippen LogP contribution in [-0.2, 0) is 9.59 Å². The summed E-state index contributed by atoms with van der Waals surface area (Å²) >= 11 is 0. The van der Waals surface area contributed by atoms with E-state index < -0.39 is 5.97 Å². The van der Waals surface area contributed by atoms with E-state index in [0.29, 0.717) is 0 Å². The van der Waals surface area contributed by atoms with Gasteiger partial charge in [0.25, 0.3) is 0 Å². The first-order valence-corrected chi connectivity index (χ1v) is 4.79. The Bertz CT molecular complexity index is 398. The van der Waals surface area contributed by atoms with Crippen molar-refractivity contribution in [2.75, 3.05) is 13.6 Å². The molecule has 0 aliphatic rings. The van der Waals surface area contributed by atoms with Crippen molar-refractivity contribution in [3.8, 4) is 0 Å². The van der Waals surface area contributed by atoms with Crippen LogP contribution < -0.4 is 0 Å². The smallest absolute Gasteiger partial charge is 0.323 e. The van der Waals surface area contributed by atoms with Crippen molar-refractivity contribution in [3.05, 3.63) is 42.0 Å². The molecule has 0 fully saturated rings. The van der Waals surface area contributed by atoms with Crippen LogP contribution in [-0.4, -0.2) is 35.5 Å². The fraction of sp³-hybridized carbons (Fsp3) is 0.167. The Hall–Kier alpha value is -2.10. The van der Waals surface area contributed by atoms with Crippen molar-refractivity contribution in [2.24, 2.45) is 0 Å². The summed E-state index contributed by atoms with van der Waals surface area (Å²) in [6.45, 7) is -0.294. The summed E-state index contributed by atoms with van der Waals surface area (Å²) in [7, 11) is 1.45. The maximum Gasteiger partial charge on any atom is 0.323 e. The van der Waals surface area contributed by atoms with Gasteiger partial charge < -0.3 is 10.0 Å². The molecule has 0 spiro atoms. The molecule has 1 aromatic carbocycles. The van der Waals surface area contributed by atoms with E-state index in [-0.39, 0.29) is 12.5 Å². The van der Waals surface area contributed by atoms with Gasteiger partial charge in [-0.15, -0.1) is 0 Å². The first-order chi connectivity index (χ1) is 7.59. The Morgan fingerprint density at radius 1 is 1.31 bits per heavy atom. The summed E-state index contributed by atoms with van der Waals surface area (Å²) in [4.78, 5) is 22.9. The minimum atomic E-state index is -1.02. The quantitative estimate of drug-likeness (QED) is 0.775. The van der Waals surface area contributed by atoms with Crippen LogP contribution in [0.4, 0.5) is 0 Å². The Balaban J connectivity index is 2.57. The van der Waals surface area contributed by atoms with Crippen LogP contribution in [0.3, 0.4) is 0 Å². The monoisotopic (exact) mass is 219 g/mol. The molecule has 0 radical (unpaired) electrons. The number of hydrogen-bond donors (Lipinski definition) is 1. The largest absolute Gasteiger partial charge is 0.480 e. The summed E-state index contributed by atoms with van der Waals surface area (Å²) in [6, 6.07) is 9.34. The van der Waals surface area contributed by atoms with Crippen LogP contribution >= 0.6 is 0 Å². The Labute approximate surface area is 93.8 Å². The molecule has 0 atom stereocenters. The van der Waals surface area contributed by atoms with Gasteiger partial charge in [0.05, 0.1) is 0 Å². The number of aliphatic carboxylic acids is 1. The van der Waals surface area contributed by atoms with Crippen molar-refractivity contribution in [2.45, 2.75) is 0 Å². The Kier molecular flexibility index (Phi) is 4.27. The predicted molar refractivity (Wildman–Crippen MR) is 60.7 cm³/mol. The number of carboxylic acids is 1. The fourth-order valence-electron chi connectivity index (χ4n) is 1.14. The van der Waals surface area contributed by atoms with E-state index in [1.54, 1.807) is 6.08 Å². The van der Waals surface area contributed by atoms with E-state index >= 15 is 0 Å². The van der Waals surface area contributed by atoms with Gasteiger partial charge in [-0.25, -0.2) is 0 Å². The molecule has 1 rings (SSSR count). The third kappa shape index (κ3) is 3.96. The minimum absolute atomic E-state index is 0.294. The summed E-state index contributed by atoms with van der Waals surface area (Å²) in [5.41, 5.74) is 0.902. The van der Waals surface area contributed by atoms with Crippen LogP contribution in [0.25, 0.3) is 6.08 Å². The number of likely N-dealkylation sites (N-methyl/N-ethyl adjacent to an activating group) is 1. The lowest BCUT2D eigenvalue weighted by molar-refractivity contribution is -0.141. The molecular weight excluding hydrogens is 206 g/mol. The molecule has 0 saturated carbocycles. The first-order valence-electron chi connectivity index (χ1n) is 4.79. The number of amides is 1. The van der Waals surface area contributed by atoms with Gasteiger partial charge in [0.2, 0.25) is 5.91 Å². The molecule has 0 heterocycles. The Morgan fingerprint density at radius 2 is 1.94 bits per heavy atom. The Morgan fingerprint density at radius 3 is 2.50 bits per heavy atom. The lowest BCUT2D eigenvalue weighted by atomic mass is 10.2. The molecule has 4 nitrogen and oxygen atoms in total. The van der Waals surface area contributed by atoms with E-state index in [4.69, 9.17) is 5.11 Å². The highest BCUT2D eigenvalue weighted by Gasteiger charge is 2.08. The van der Waals surface area contributed by atoms with Crippen LogP contribution in [0.15, 0.2) is 36.4 Å². The second-order valence-electron chi connectivity index (χ2n) is 3.33. The molecule has 16 heavy (non-hydrogen) atoms. The normalized spacial score (nSPS) is 10.3. The maximum atomic E-state index is 11.4. The highest BCUT2D eigenvalue weighted by Crippen LogP contribution is 2.01. The number of nitrogens with zero attached hydrogens (tertiary/aromatic N) is 1. The van der Waals surface area contributed by atoms with Crippen LogP contribution in [0, 0.1) is 0 Å². The second-order valence-corrected chi connectivity index (χ2v) is 3.33. The van der Waals surface area contributed by atoms with Gasteiger partial charge in [0.15, 0.2) is 0 Å². The molecule has 1 N–H and O–H groups in total. The average Bonchev–Trinajstić information content (AvgIpc) is 2.26. The topological polar surface area (TPSA) is 57.6 Å². The van der Waals surface area contributed by atoms with Crippen molar-refractivity contribution in [1.29, 1.82) is 0 Å². The van der Waals surface area contributed by atoms with Gasteiger partial charge in [0.1, 0.15) is 6.54 Å². The number of carbonyl (C=O) groups is 2. The molecule has 0 bridgehead atoms. The van der Waals surface area contributed by atoms with E-state index in [0.717, 1.165) is 10.5 Å². The van der Waals surface area contributed by atoms with Crippen LogP contribution in [0.5, 0.6) is 0 Å². The third-order valence-electron chi connectivity index (χ3n) is 1.97. The SMILES string of the molecule is CN(CC(=O)O)C(=O)C=Cc1ccccc1. The molecule has 1 aromatic rings. The zero-order valence-corrected chi connectivity index (χ0v) is 8.96. The molecule has 0 unspecified atom stereocenters. The molecule has 4 heteroatoms. The number of benzene rings is 1. The first kappa shape index (κ1) is 12.0. The molecule has 84 valence electrons. The van der Waals surface area contributed by atoms with Crippen LogP contribution in [0.1, 0.15) is 5.56 Å². The minimum Gasteiger partial charge on any atom is -0.480 e. The highest BCUT2D eigenvalue weighted by atomic mass is 16.4. The van der Waals surface area contributed by atoms with Crippen molar-refractivity contribution in [1.82, 2.24) is 4.90 Å². The lowest BCUT2D eigenvalue weighted by Crippen LogP contribution is -2.30. The van der Waals surface area contributed by atoms with Crippen LogP contribution in [0.2, 0.25) is 0 Å². The predicted octanol–water partition coefficient (Wildman–Crippen LogP) is 1.24. The summed E-state index contributed by atoms with van der Waals surface area (Å²) in [6.07, 6.45) is 3.01. The number of hydrogen-bond acceptors (Lipinski definition) is 2. The highest BCUT2D eigenvalue weighted by molar-refractivity contribution is 5.93. The maximum absolute atomic E-state index is 11.4. The summed E-state index contributed by atoms with van der Waals surface area (Å²) in [5, 5.41) is 8.50. The van der Waals surface area contributed by atoms with E-state index in [9.17, 15) is 9.59 Å². The molecular formula is C12H13NO3. The summed E-state index contributed by atoms with van der Waals surface area (Å²) < 4.78 is 0. The van der Waals surface area contributed by atoms with Crippen molar-refractivity contribution in [3.63, 3.8) is 0 Å². The molecule has 0 aromatic heterocycles. The number of carboxylic acid groups (broad SMARTS) is 1. The number of rotatable bonds is 4. The fourth-order valence-corrected chi connectivity index (χ4v) is 1.14. The van der Waals surface area contributed by atoms with E-state index in [1.807, 2.05) is 30.3 Å². The van der Waals surface area contributed by atoms with E-state index in [2.05, 4.69) is 0 Å². The van der Waals surface area contributed by atoms with Crippen molar-refractivity contribution >= 4 is 18.0 Å². The standard InChI is InChI=1S/C12H13NO3/c1-13(9-12(15)16)11(14)8-7-10-5-3-2-4-6-10/h2-8H,9H2,1H3,(H,15,16). The molecule has 1 amide bonds. The third-order valence-corrected chi connectivity index (χ3v) is 1.97. The zero-order chi connectivity index (χ0) is 12.0. The summed E-state index contributed by atoms with van der Waals surface area (Å²) in [5.74, 6) is -1.35. The van der Waals surface area contributed by atoms with Gasteiger partial charge in [-0.2, -0.15) is 0 Å². The average molecular weight is 219 g/mol. The molecule has 0 aliphatic heterocycles. The lowest BCUT2D eigenvalue weighted by Gasteiger charge is -2.11. The zero-order valence-electron chi connectivity index (χ0n) is 8.96.